The maximum absolute atomic E-state index is 12.1. The maximum atomic E-state index is 12.1. The van der Waals surface area contributed by atoms with Crippen LogP contribution in [0.5, 0.6) is 17.2 Å². The fourth-order valence-electron chi connectivity index (χ4n) is 5.03. The Morgan fingerprint density at radius 1 is 0.806 bits per heavy atom. The van der Waals surface area contributed by atoms with Crippen LogP contribution in [0.15, 0.2) is 60.7 Å². The third-order valence-corrected chi connectivity index (χ3v) is 6.99. The minimum Gasteiger partial charge on any atom is -0.493 e. The largest absolute Gasteiger partial charge is 0.493 e. The number of hydrogen-bond acceptors (Lipinski definition) is 3. The van der Waals surface area contributed by atoms with Crippen molar-refractivity contribution in [2.75, 3.05) is 6.61 Å². The highest BCUT2D eigenvalue weighted by molar-refractivity contribution is 5.90. The minimum absolute atomic E-state index is 0.219. The predicted octanol–water partition coefficient (Wildman–Crippen LogP) is 8.75. The molecule has 190 valence electrons. The first-order valence-corrected chi connectivity index (χ1v) is 13.5. The van der Waals surface area contributed by atoms with E-state index in [1.165, 1.54) is 31.2 Å². The first-order valence-electron chi connectivity index (χ1n) is 13.5. The molecule has 0 radical (unpaired) electrons. The second-order valence-corrected chi connectivity index (χ2v) is 9.72. The molecule has 3 aromatic rings. The molecule has 0 aliphatic carbocycles. The molecule has 0 fully saturated rings. The molecule has 0 saturated heterocycles. The molecule has 1 unspecified atom stereocenters. The third kappa shape index (κ3) is 6.10. The van der Waals surface area contributed by atoms with E-state index in [9.17, 15) is 9.90 Å². The van der Waals surface area contributed by atoms with E-state index in [-0.39, 0.29) is 5.92 Å². The third-order valence-electron chi connectivity index (χ3n) is 6.99. The van der Waals surface area contributed by atoms with Crippen LogP contribution in [0.4, 0.5) is 0 Å². The Balaban J connectivity index is 1.67. The number of carboxylic acid groups (broad SMARTS) is 1. The van der Waals surface area contributed by atoms with Gasteiger partial charge in [0.1, 0.15) is 17.2 Å². The molecule has 0 aromatic heterocycles. The summed E-state index contributed by atoms with van der Waals surface area (Å²) in [5.41, 5.74) is 4.32. The molecule has 1 N–H and O–H groups in total. The van der Waals surface area contributed by atoms with Crippen LogP contribution >= 0.6 is 0 Å². The summed E-state index contributed by atoms with van der Waals surface area (Å²) in [7, 11) is 0. The second-order valence-electron chi connectivity index (χ2n) is 9.72. The van der Waals surface area contributed by atoms with Crippen LogP contribution in [0.3, 0.4) is 0 Å². The summed E-state index contributed by atoms with van der Waals surface area (Å²) in [4.78, 5) is 12.1. The summed E-state index contributed by atoms with van der Waals surface area (Å²) in [6.45, 7) is 5.09. The number of fused-ring (bicyclic) bond motifs is 2. The van der Waals surface area contributed by atoms with E-state index < -0.39 is 5.97 Å². The fourth-order valence-corrected chi connectivity index (χ4v) is 5.03. The van der Waals surface area contributed by atoms with E-state index in [4.69, 9.17) is 9.47 Å². The van der Waals surface area contributed by atoms with Gasteiger partial charge in [-0.2, -0.15) is 0 Å². The number of hydrogen-bond donors (Lipinski definition) is 1. The van der Waals surface area contributed by atoms with Gasteiger partial charge in [0.25, 0.3) is 0 Å². The Labute approximate surface area is 215 Å². The van der Waals surface area contributed by atoms with E-state index in [1.807, 2.05) is 30.3 Å². The van der Waals surface area contributed by atoms with Gasteiger partial charge in [-0.1, -0.05) is 88.8 Å². The lowest BCUT2D eigenvalue weighted by Crippen LogP contribution is -2.15. The zero-order valence-electron chi connectivity index (χ0n) is 21.6. The molecule has 1 atom stereocenters. The zero-order valence-corrected chi connectivity index (χ0v) is 21.6. The zero-order chi connectivity index (χ0) is 25.3. The van der Waals surface area contributed by atoms with Gasteiger partial charge in [-0.3, -0.25) is 0 Å². The number of aryl methyl sites for hydroxylation is 1. The van der Waals surface area contributed by atoms with Gasteiger partial charge in [0.2, 0.25) is 0 Å². The predicted molar refractivity (Wildman–Crippen MR) is 145 cm³/mol. The molecule has 0 spiro atoms. The number of carbonyl (C=O) groups is 1. The van der Waals surface area contributed by atoms with E-state index in [1.54, 1.807) is 12.1 Å². The Morgan fingerprint density at radius 2 is 1.50 bits per heavy atom. The molecular weight excluding hydrogens is 448 g/mol. The molecule has 0 bridgehead atoms. The first kappa shape index (κ1) is 25.8. The van der Waals surface area contributed by atoms with Crippen molar-refractivity contribution in [1.29, 1.82) is 0 Å². The van der Waals surface area contributed by atoms with Crippen LogP contribution in [0.25, 0.3) is 0 Å². The van der Waals surface area contributed by atoms with Gasteiger partial charge in [0, 0.05) is 23.1 Å². The average Bonchev–Trinajstić information content (AvgIpc) is 2.89. The standard InChI is InChI=1S/C32H38O4/c1-3-5-7-8-9-13-23-16-18-27-29(21-23)36-30-22-24(35-20-12-6-4-2)17-19-28(30)31(27)25-14-10-11-15-26(25)32(33)34/h10-11,14-19,21-22,31H,3-9,12-13,20H2,1-2H3,(H,33,34). The summed E-state index contributed by atoms with van der Waals surface area (Å²) in [6.07, 6.45) is 10.5. The van der Waals surface area contributed by atoms with Crippen molar-refractivity contribution in [2.24, 2.45) is 0 Å². The van der Waals surface area contributed by atoms with Crippen LogP contribution in [-0.2, 0) is 6.42 Å². The molecule has 4 rings (SSSR count). The highest BCUT2D eigenvalue weighted by atomic mass is 16.5. The summed E-state index contributed by atoms with van der Waals surface area (Å²) < 4.78 is 12.5. The van der Waals surface area contributed by atoms with Crippen LogP contribution in [0.1, 0.15) is 104 Å². The van der Waals surface area contributed by atoms with Gasteiger partial charge < -0.3 is 14.6 Å². The molecular formula is C32H38O4. The Morgan fingerprint density at radius 3 is 2.28 bits per heavy atom. The Kier molecular flexibility index (Phi) is 9.05. The number of benzene rings is 3. The topological polar surface area (TPSA) is 55.8 Å². The highest BCUT2D eigenvalue weighted by Gasteiger charge is 2.31. The average molecular weight is 487 g/mol. The maximum Gasteiger partial charge on any atom is 0.335 e. The van der Waals surface area contributed by atoms with Gasteiger partial charge in [0.15, 0.2) is 0 Å². The lowest BCUT2D eigenvalue weighted by Gasteiger charge is -2.30. The van der Waals surface area contributed by atoms with Crippen molar-refractivity contribution in [2.45, 2.75) is 77.6 Å². The van der Waals surface area contributed by atoms with Gasteiger partial charge in [-0.25, -0.2) is 4.79 Å². The van der Waals surface area contributed by atoms with Crippen molar-refractivity contribution >= 4 is 5.97 Å². The van der Waals surface area contributed by atoms with Crippen LogP contribution in [0, 0.1) is 0 Å². The van der Waals surface area contributed by atoms with Crippen LogP contribution in [-0.4, -0.2) is 17.7 Å². The van der Waals surface area contributed by atoms with Gasteiger partial charge in [-0.15, -0.1) is 0 Å². The molecule has 4 heteroatoms. The molecule has 0 saturated carbocycles. The normalized spacial score (nSPS) is 14.0. The van der Waals surface area contributed by atoms with Crippen molar-refractivity contribution in [3.8, 4) is 17.2 Å². The SMILES string of the molecule is CCCCCCCc1ccc2c(c1)Oc1cc(OCCCCC)ccc1C2c1ccccc1C(=O)O. The van der Waals surface area contributed by atoms with E-state index in [0.717, 1.165) is 66.0 Å². The number of ether oxygens (including phenoxy) is 2. The quantitative estimate of drug-likeness (QED) is 0.192. The molecule has 36 heavy (non-hydrogen) atoms. The lowest BCUT2D eigenvalue weighted by atomic mass is 9.80. The summed E-state index contributed by atoms with van der Waals surface area (Å²) in [5.74, 6) is 1.19. The lowest BCUT2D eigenvalue weighted by molar-refractivity contribution is 0.0695. The van der Waals surface area contributed by atoms with Crippen molar-refractivity contribution < 1.29 is 19.4 Å². The van der Waals surface area contributed by atoms with Crippen LogP contribution in [0.2, 0.25) is 0 Å². The molecule has 1 heterocycles. The van der Waals surface area contributed by atoms with Gasteiger partial charge >= 0.3 is 5.97 Å². The minimum atomic E-state index is -0.917. The second kappa shape index (κ2) is 12.6. The van der Waals surface area contributed by atoms with Crippen molar-refractivity contribution in [1.82, 2.24) is 0 Å². The number of carboxylic acids is 1. The fraction of sp³-hybridized carbons (Fsp3) is 0.406. The number of rotatable bonds is 13. The Hall–Kier alpha value is -3.27. The van der Waals surface area contributed by atoms with Crippen molar-refractivity contribution in [3.05, 3.63) is 88.5 Å². The highest BCUT2D eigenvalue weighted by Crippen LogP contribution is 2.49. The number of unbranched alkanes of at least 4 members (excludes halogenated alkanes) is 6. The molecule has 0 amide bonds. The molecule has 4 nitrogen and oxygen atoms in total. The molecule has 1 aliphatic heterocycles. The van der Waals surface area contributed by atoms with E-state index in [0.29, 0.717) is 12.2 Å². The Bertz CT molecular complexity index is 1170. The molecule has 1 aliphatic rings. The monoisotopic (exact) mass is 486 g/mol. The number of aromatic carboxylic acids is 1. The van der Waals surface area contributed by atoms with Crippen molar-refractivity contribution in [3.63, 3.8) is 0 Å². The van der Waals surface area contributed by atoms with Gasteiger partial charge in [-0.05, 0) is 48.6 Å². The van der Waals surface area contributed by atoms with E-state index >= 15 is 0 Å². The summed E-state index contributed by atoms with van der Waals surface area (Å²) in [5, 5.41) is 9.93. The smallest absolute Gasteiger partial charge is 0.335 e. The summed E-state index contributed by atoms with van der Waals surface area (Å²) in [6, 6.07) is 19.7. The van der Waals surface area contributed by atoms with Crippen LogP contribution < -0.4 is 9.47 Å². The van der Waals surface area contributed by atoms with E-state index in [2.05, 4.69) is 32.0 Å². The summed E-state index contributed by atoms with van der Waals surface area (Å²) >= 11 is 0. The molecule has 3 aromatic carbocycles. The van der Waals surface area contributed by atoms with Gasteiger partial charge in [0.05, 0.1) is 12.2 Å². The first-order chi connectivity index (χ1) is 17.6.